The van der Waals surface area contributed by atoms with Crippen molar-refractivity contribution in [2.24, 2.45) is 0 Å². The fourth-order valence-electron chi connectivity index (χ4n) is 0.643. The zero-order valence-electron chi connectivity index (χ0n) is 8.24. The van der Waals surface area contributed by atoms with Gasteiger partial charge in [-0.15, -0.1) is 0 Å². The van der Waals surface area contributed by atoms with Crippen molar-refractivity contribution in [1.82, 2.24) is 15.5 Å². The van der Waals surface area contributed by atoms with Crippen LogP contribution in [0.2, 0.25) is 0 Å². The Labute approximate surface area is 78.4 Å². The molecule has 4 nitrogen and oxygen atoms in total. The Morgan fingerprint density at radius 3 is 2.69 bits per heavy atom. The molecule has 0 unspecified atom stereocenters. The van der Waals surface area contributed by atoms with E-state index in [0.29, 0.717) is 6.54 Å². The van der Waals surface area contributed by atoms with Gasteiger partial charge in [-0.2, -0.15) is 10.2 Å². The van der Waals surface area contributed by atoms with Crippen LogP contribution in [-0.4, -0.2) is 16.1 Å². The molecular weight excluding hydrogens is 166 g/mol. The molecule has 0 fully saturated rings. The maximum absolute atomic E-state index is 10.5. The highest BCUT2D eigenvalue weighted by molar-refractivity contribution is 5.72. The van der Waals surface area contributed by atoms with E-state index < -0.39 is 0 Å². The smallest absolute Gasteiger partial charge is 0.217 e. The number of carbonyl (C=O) groups excluding carboxylic acids is 1. The molecule has 0 aromatic carbocycles. The predicted molar refractivity (Wildman–Crippen MR) is 50.9 cm³/mol. The molecule has 0 bridgehead atoms. The third kappa shape index (κ3) is 5.78. The van der Waals surface area contributed by atoms with E-state index >= 15 is 0 Å². The van der Waals surface area contributed by atoms with E-state index in [2.05, 4.69) is 15.5 Å². The van der Waals surface area contributed by atoms with E-state index in [9.17, 15) is 4.79 Å². The van der Waals surface area contributed by atoms with Gasteiger partial charge in [0.1, 0.15) is 0 Å². The molecule has 0 spiro atoms. The number of carbonyl (C=O) groups is 1. The summed E-state index contributed by atoms with van der Waals surface area (Å²) in [7, 11) is 0. The highest BCUT2D eigenvalue weighted by atomic mass is 16.1. The third-order valence-electron chi connectivity index (χ3n) is 1.15. The number of hydrogen-bond acceptors (Lipinski definition) is 3. The van der Waals surface area contributed by atoms with Crippen LogP contribution in [0.15, 0.2) is 18.3 Å². The lowest BCUT2D eigenvalue weighted by Gasteiger charge is -1.98. The molecule has 0 aliphatic heterocycles. The fourth-order valence-corrected chi connectivity index (χ4v) is 0.643. The molecule has 1 amide bonds. The monoisotopic (exact) mass is 181 g/mol. The molecule has 4 heteroatoms. The lowest BCUT2D eigenvalue weighted by atomic mass is 10.4. The lowest BCUT2D eigenvalue weighted by Crippen LogP contribution is -2.19. The number of nitrogens with zero attached hydrogens (tertiary/aromatic N) is 2. The zero-order chi connectivity index (χ0) is 10.1. The van der Waals surface area contributed by atoms with Crippen LogP contribution in [0.4, 0.5) is 0 Å². The van der Waals surface area contributed by atoms with E-state index in [4.69, 9.17) is 0 Å². The van der Waals surface area contributed by atoms with Crippen LogP contribution in [-0.2, 0) is 11.3 Å². The van der Waals surface area contributed by atoms with Crippen molar-refractivity contribution in [3.05, 3.63) is 24.0 Å². The number of hydrogen-bond donors (Lipinski definition) is 1. The van der Waals surface area contributed by atoms with Crippen molar-refractivity contribution in [2.75, 3.05) is 0 Å². The second-order valence-electron chi connectivity index (χ2n) is 2.12. The summed E-state index contributed by atoms with van der Waals surface area (Å²) in [5.41, 5.74) is 0.766. The van der Waals surface area contributed by atoms with Crippen LogP contribution in [0.25, 0.3) is 0 Å². The normalized spacial score (nSPS) is 8.23. The topological polar surface area (TPSA) is 54.9 Å². The van der Waals surface area contributed by atoms with E-state index in [1.54, 1.807) is 12.3 Å². The Balaban J connectivity index is 0.000000671. The summed E-state index contributed by atoms with van der Waals surface area (Å²) in [6, 6.07) is 3.59. The first kappa shape index (κ1) is 11.6. The van der Waals surface area contributed by atoms with Crippen LogP contribution >= 0.6 is 0 Å². The van der Waals surface area contributed by atoms with Crippen LogP contribution in [0.5, 0.6) is 0 Å². The van der Waals surface area contributed by atoms with Crippen molar-refractivity contribution >= 4 is 5.91 Å². The summed E-state index contributed by atoms with van der Waals surface area (Å²) in [5, 5.41) is 10.1. The number of nitrogens with one attached hydrogen (secondary N) is 1. The molecule has 0 atom stereocenters. The van der Waals surface area contributed by atoms with Crippen LogP contribution in [0, 0.1) is 0 Å². The molecule has 1 N–H and O–H groups in total. The average molecular weight is 181 g/mol. The van der Waals surface area contributed by atoms with Gasteiger partial charge in [0, 0.05) is 13.1 Å². The highest BCUT2D eigenvalue weighted by Crippen LogP contribution is 1.88. The van der Waals surface area contributed by atoms with Gasteiger partial charge < -0.3 is 5.32 Å². The van der Waals surface area contributed by atoms with Crippen molar-refractivity contribution in [3.8, 4) is 0 Å². The largest absolute Gasteiger partial charge is 0.351 e. The van der Waals surface area contributed by atoms with Gasteiger partial charge >= 0.3 is 0 Å². The second-order valence-corrected chi connectivity index (χ2v) is 2.12. The minimum absolute atomic E-state index is 0.0596. The predicted octanol–water partition coefficient (Wildman–Crippen LogP) is 1.14. The highest BCUT2D eigenvalue weighted by Gasteiger charge is 1.93. The molecule has 1 heterocycles. The molecule has 0 saturated carbocycles. The van der Waals surface area contributed by atoms with E-state index in [1.165, 1.54) is 6.92 Å². The molecular formula is C9H15N3O. The van der Waals surface area contributed by atoms with E-state index in [1.807, 2.05) is 19.9 Å². The summed E-state index contributed by atoms with van der Waals surface area (Å²) < 4.78 is 0. The fraction of sp³-hybridized carbons (Fsp3) is 0.444. The van der Waals surface area contributed by atoms with Gasteiger partial charge in [0.2, 0.25) is 5.91 Å². The van der Waals surface area contributed by atoms with Crippen molar-refractivity contribution in [3.63, 3.8) is 0 Å². The van der Waals surface area contributed by atoms with Gasteiger partial charge in [-0.05, 0) is 12.1 Å². The molecule has 1 rings (SSSR count). The number of rotatable bonds is 2. The molecule has 1 aromatic rings. The van der Waals surface area contributed by atoms with Gasteiger partial charge in [0.25, 0.3) is 0 Å². The van der Waals surface area contributed by atoms with Crippen molar-refractivity contribution < 1.29 is 4.79 Å². The van der Waals surface area contributed by atoms with Gasteiger partial charge in [0.05, 0.1) is 12.2 Å². The Morgan fingerprint density at radius 2 is 2.23 bits per heavy atom. The summed E-state index contributed by atoms with van der Waals surface area (Å²) in [6.45, 7) is 5.92. The van der Waals surface area contributed by atoms with Crippen LogP contribution in [0.3, 0.4) is 0 Å². The van der Waals surface area contributed by atoms with Gasteiger partial charge in [-0.1, -0.05) is 13.8 Å². The maximum Gasteiger partial charge on any atom is 0.217 e. The average Bonchev–Trinajstić information content (AvgIpc) is 2.19. The standard InChI is InChI=1S/C7H9N3O.C2H6/c1-6(11)8-5-7-3-2-4-9-10-7;1-2/h2-4H,5H2,1H3,(H,8,11);1-2H3. The third-order valence-corrected chi connectivity index (χ3v) is 1.15. The molecule has 0 radical (unpaired) electrons. The zero-order valence-corrected chi connectivity index (χ0v) is 8.24. The molecule has 1 aromatic heterocycles. The summed E-state index contributed by atoms with van der Waals surface area (Å²) in [5.74, 6) is -0.0596. The lowest BCUT2D eigenvalue weighted by molar-refractivity contribution is -0.119. The number of aromatic nitrogens is 2. The summed E-state index contributed by atoms with van der Waals surface area (Å²) in [6.07, 6.45) is 1.59. The first-order valence-electron chi connectivity index (χ1n) is 4.30. The van der Waals surface area contributed by atoms with E-state index in [-0.39, 0.29) is 5.91 Å². The molecule has 0 aliphatic carbocycles. The first-order chi connectivity index (χ1) is 6.29. The Kier molecular flexibility index (Phi) is 6.41. The van der Waals surface area contributed by atoms with Crippen LogP contribution < -0.4 is 5.32 Å². The van der Waals surface area contributed by atoms with Gasteiger partial charge in [0.15, 0.2) is 0 Å². The van der Waals surface area contributed by atoms with Crippen molar-refractivity contribution in [1.29, 1.82) is 0 Å². The summed E-state index contributed by atoms with van der Waals surface area (Å²) >= 11 is 0. The second kappa shape index (κ2) is 7.21. The van der Waals surface area contributed by atoms with Crippen LogP contribution in [0.1, 0.15) is 26.5 Å². The first-order valence-corrected chi connectivity index (χ1v) is 4.30. The quantitative estimate of drug-likeness (QED) is 0.744. The Bertz CT molecular complexity index is 236. The molecule has 72 valence electrons. The molecule has 0 saturated heterocycles. The molecule has 0 aliphatic rings. The van der Waals surface area contributed by atoms with Gasteiger partial charge in [-0.3, -0.25) is 4.79 Å². The van der Waals surface area contributed by atoms with Gasteiger partial charge in [-0.25, -0.2) is 0 Å². The molecule has 13 heavy (non-hydrogen) atoms. The maximum atomic E-state index is 10.5. The summed E-state index contributed by atoms with van der Waals surface area (Å²) in [4.78, 5) is 10.5. The Hall–Kier alpha value is -1.45. The Morgan fingerprint density at radius 1 is 1.54 bits per heavy atom. The minimum Gasteiger partial charge on any atom is -0.351 e. The van der Waals surface area contributed by atoms with Crippen molar-refractivity contribution in [2.45, 2.75) is 27.3 Å². The van der Waals surface area contributed by atoms with E-state index in [0.717, 1.165) is 5.69 Å². The number of amides is 1. The minimum atomic E-state index is -0.0596. The SMILES string of the molecule is CC.CC(=O)NCc1cccnn1.